The van der Waals surface area contributed by atoms with Crippen molar-refractivity contribution >= 4 is 21.9 Å². The lowest BCUT2D eigenvalue weighted by atomic mass is 10.1. The van der Waals surface area contributed by atoms with Crippen molar-refractivity contribution in [3.05, 3.63) is 34.3 Å². The average Bonchev–Trinajstić information content (AvgIpc) is 2.39. The predicted molar refractivity (Wildman–Crippen MR) is 84.7 cm³/mol. The molecule has 1 aromatic carbocycles. The molecule has 0 heterocycles. The molecular formula is C16H23BrO4. The first-order valence-corrected chi connectivity index (χ1v) is 7.86. The SMILES string of the molecule is CCOC(=O)CCC(OOC(C)(C)C)c1ccc(Br)cc1. The van der Waals surface area contributed by atoms with Crippen LogP contribution in [0.5, 0.6) is 0 Å². The Balaban J connectivity index is 2.69. The van der Waals surface area contributed by atoms with Crippen LogP contribution < -0.4 is 0 Å². The Kier molecular flexibility index (Phi) is 7.35. The van der Waals surface area contributed by atoms with Gasteiger partial charge in [-0.1, -0.05) is 28.1 Å². The van der Waals surface area contributed by atoms with E-state index < -0.39 is 5.60 Å². The van der Waals surface area contributed by atoms with Gasteiger partial charge in [-0.25, -0.2) is 9.78 Å². The fourth-order valence-corrected chi connectivity index (χ4v) is 1.90. The summed E-state index contributed by atoms with van der Waals surface area (Å²) in [6, 6.07) is 7.78. The molecule has 0 radical (unpaired) electrons. The third-order valence-corrected chi connectivity index (χ3v) is 3.10. The highest BCUT2D eigenvalue weighted by Gasteiger charge is 2.20. The highest BCUT2D eigenvalue weighted by molar-refractivity contribution is 9.10. The third-order valence-electron chi connectivity index (χ3n) is 2.57. The summed E-state index contributed by atoms with van der Waals surface area (Å²) < 4.78 is 5.94. The number of carbonyl (C=O) groups excluding carboxylic acids is 1. The second-order valence-corrected chi connectivity index (χ2v) is 6.59. The lowest BCUT2D eigenvalue weighted by Gasteiger charge is -2.23. The quantitative estimate of drug-likeness (QED) is 0.406. The number of hydrogen-bond acceptors (Lipinski definition) is 4. The minimum absolute atomic E-state index is 0.223. The van der Waals surface area contributed by atoms with E-state index in [1.165, 1.54) is 0 Å². The van der Waals surface area contributed by atoms with Crippen molar-refractivity contribution in [2.45, 2.75) is 52.2 Å². The van der Waals surface area contributed by atoms with E-state index in [0.717, 1.165) is 10.0 Å². The number of ether oxygens (including phenoxy) is 1. The van der Waals surface area contributed by atoms with Gasteiger partial charge in [0.15, 0.2) is 0 Å². The molecule has 0 aliphatic rings. The average molecular weight is 359 g/mol. The number of benzene rings is 1. The van der Waals surface area contributed by atoms with Gasteiger partial charge in [-0.05, 0) is 51.8 Å². The lowest BCUT2D eigenvalue weighted by molar-refractivity contribution is -0.376. The van der Waals surface area contributed by atoms with Gasteiger partial charge in [0.05, 0.1) is 12.2 Å². The number of halogens is 1. The molecule has 0 aliphatic heterocycles. The lowest BCUT2D eigenvalue weighted by Crippen LogP contribution is -2.21. The predicted octanol–water partition coefficient (Wildman–Crippen LogP) is 4.58. The van der Waals surface area contributed by atoms with Gasteiger partial charge >= 0.3 is 5.97 Å². The van der Waals surface area contributed by atoms with E-state index in [-0.39, 0.29) is 12.1 Å². The van der Waals surface area contributed by atoms with Gasteiger partial charge in [0.1, 0.15) is 6.10 Å². The molecule has 118 valence electrons. The van der Waals surface area contributed by atoms with Crippen LogP contribution in [0.2, 0.25) is 0 Å². The Hall–Kier alpha value is -0.910. The maximum absolute atomic E-state index is 11.5. The molecule has 0 saturated heterocycles. The topological polar surface area (TPSA) is 44.8 Å². The van der Waals surface area contributed by atoms with E-state index in [9.17, 15) is 4.79 Å². The minimum Gasteiger partial charge on any atom is -0.466 e. The van der Waals surface area contributed by atoms with E-state index in [2.05, 4.69) is 15.9 Å². The van der Waals surface area contributed by atoms with Gasteiger partial charge in [0, 0.05) is 10.9 Å². The normalized spacial score (nSPS) is 13.0. The fourth-order valence-electron chi connectivity index (χ4n) is 1.63. The summed E-state index contributed by atoms with van der Waals surface area (Å²) in [5.74, 6) is -0.223. The van der Waals surface area contributed by atoms with Crippen molar-refractivity contribution in [3.8, 4) is 0 Å². The molecule has 1 atom stereocenters. The van der Waals surface area contributed by atoms with Crippen LogP contribution in [0.3, 0.4) is 0 Å². The van der Waals surface area contributed by atoms with Crippen molar-refractivity contribution in [2.75, 3.05) is 6.61 Å². The first-order valence-electron chi connectivity index (χ1n) is 7.07. The van der Waals surface area contributed by atoms with Gasteiger partial charge < -0.3 is 4.74 Å². The summed E-state index contributed by atoms with van der Waals surface area (Å²) in [5.41, 5.74) is 0.559. The molecule has 0 bridgehead atoms. The van der Waals surface area contributed by atoms with E-state index in [1.807, 2.05) is 45.0 Å². The number of carbonyl (C=O) groups is 1. The van der Waals surface area contributed by atoms with Crippen LogP contribution in [0, 0.1) is 0 Å². The van der Waals surface area contributed by atoms with Gasteiger partial charge in [-0.15, -0.1) is 0 Å². The largest absolute Gasteiger partial charge is 0.466 e. The molecule has 0 saturated carbocycles. The molecule has 0 spiro atoms. The summed E-state index contributed by atoms with van der Waals surface area (Å²) in [7, 11) is 0. The van der Waals surface area contributed by atoms with Crippen molar-refractivity contribution in [1.29, 1.82) is 0 Å². The zero-order chi connectivity index (χ0) is 15.9. The van der Waals surface area contributed by atoms with E-state index in [1.54, 1.807) is 6.92 Å². The summed E-state index contributed by atoms with van der Waals surface area (Å²) in [6.07, 6.45) is 0.500. The standard InChI is InChI=1S/C16H23BrO4/c1-5-19-15(18)11-10-14(20-21-16(2,3)4)12-6-8-13(17)9-7-12/h6-9,14H,5,10-11H2,1-4H3. The van der Waals surface area contributed by atoms with Crippen molar-refractivity contribution in [3.63, 3.8) is 0 Å². The molecule has 0 aliphatic carbocycles. The van der Waals surface area contributed by atoms with E-state index in [0.29, 0.717) is 19.4 Å². The zero-order valence-electron chi connectivity index (χ0n) is 13.0. The second kappa shape index (κ2) is 8.51. The maximum atomic E-state index is 11.5. The summed E-state index contributed by atoms with van der Waals surface area (Å²) in [6.45, 7) is 7.93. The monoisotopic (exact) mass is 358 g/mol. The number of rotatable bonds is 7. The van der Waals surface area contributed by atoms with Crippen LogP contribution in [-0.4, -0.2) is 18.2 Å². The van der Waals surface area contributed by atoms with Crippen LogP contribution in [0.1, 0.15) is 52.2 Å². The summed E-state index contributed by atoms with van der Waals surface area (Å²) in [5, 5.41) is 0. The highest BCUT2D eigenvalue weighted by Crippen LogP contribution is 2.26. The highest BCUT2D eigenvalue weighted by atomic mass is 79.9. The second-order valence-electron chi connectivity index (χ2n) is 5.68. The van der Waals surface area contributed by atoms with Crippen LogP contribution in [0.4, 0.5) is 0 Å². The van der Waals surface area contributed by atoms with Crippen molar-refractivity contribution < 1.29 is 19.3 Å². The molecule has 1 unspecified atom stereocenters. The Morgan fingerprint density at radius 2 is 1.86 bits per heavy atom. The van der Waals surface area contributed by atoms with E-state index >= 15 is 0 Å². The van der Waals surface area contributed by atoms with Gasteiger partial charge in [0.25, 0.3) is 0 Å². The van der Waals surface area contributed by atoms with Crippen molar-refractivity contribution in [1.82, 2.24) is 0 Å². The molecule has 0 aromatic heterocycles. The summed E-state index contributed by atoms with van der Waals surface area (Å²) in [4.78, 5) is 22.5. The van der Waals surface area contributed by atoms with Crippen molar-refractivity contribution in [2.24, 2.45) is 0 Å². The smallest absolute Gasteiger partial charge is 0.305 e. The Bertz CT molecular complexity index is 437. The Morgan fingerprint density at radius 1 is 1.24 bits per heavy atom. The number of hydrogen-bond donors (Lipinski definition) is 0. The fraction of sp³-hybridized carbons (Fsp3) is 0.562. The molecular weight excluding hydrogens is 336 g/mol. The molecule has 0 fully saturated rings. The molecule has 0 N–H and O–H groups in total. The minimum atomic E-state index is -0.405. The van der Waals surface area contributed by atoms with Crippen LogP contribution >= 0.6 is 15.9 Å². The third kappa shape index (κ3) is 7.60. The first-order chi connectivity index (χ1) is 9.81. The first kappa shape index (κ1) is 18.1. The molecule has 4 nitrogen and oxygen atoms in total. The molecule has 1 rings (SSSR count). The molecule has 0 amide bonds. The van der Waals surface area contributed by atoms with Crippen LogP contribution in [-0.2, 0) is 19.3 Å². The zero-order valence-corrected chi connectivity index (χ0v) is 14.6. The maximum Gasteiger partial charge on any atom is 0.305 e. The summed E-state index contributed by atoms with van der Waals surface area (Å²) >= 11 is 3.40. The molecule has 5 heteroatoms. The van der Waals surface area contributed by atoms with Gasteiger partial charge in [-0.3, -0.25) is 4.79 Å². The Morgan fingerprint density at radius 3 is 2.38 bits per heavy atom. The van der Waals surface area contributed by atoms with E-state index in [4.69, 9.17) is 14.5 Å². The molecule has 21 heavy (non-hydrogen) atoms. The Labute approximate surface area is 134 Å². The number of esters is 1. The van der Waals surface area contributed by atoms with Crippen LogP contribution in [0.25, 0.3) is 0 Å². The van der Waals surface area contributed by atoms with Gasteiger partial charge in [0.2, 0.25) is 0 Å². The van der Waals surface area contributed by atoms with Crippen LogP contribution in [0.15, 0.2) is 28.7 Å². The molecule has 1 aromatic rings. The van der Waals surface area contributed by atoms with Gasteiger partial charge in [-0.2, -0.15) is 0 Å².